The SMILES string of the molecule is CC/C=C\C/C=C\C/C=C\C/C=C\C/C=C\CCCCCC(=O)OCC(COCCCCCCCC/C=C\C/C=C\CCCCC)OC(=O)CCCCCCCCC. The van der Waals surface area contributed by atoms with Crippen LogP contribution in [0.4, 0.5) is 0 Å². The average molecular weight is 807 g/mol. The number of esters is 2. The van der Waals surface area contributed by atoms with E-state index in [4.69, 9.17) is 14.2 Å². The number of carbonyl (C=O) groups excluding carboxylic acids is 2. The minimum absolute atomic E-state index is 0.0608. The summed E-state index contributed by atoms with van der Waals surface area (Å²) in [5.41, 5.74) is 0. The molecule has 0 saturated carbocycles. The first kappa shape index (κ1) is 55.1. The fourth-order valence-corrected chi connectivity index (χ4v) is 6.33. The van der Waals surface area contributed by atoms with Crippen molar-refractivity contribution >= 4 is 11.9 Å². The Labute approximate surface area is 359 Å². The molecule has 0 aromatic heterocycles. The van der Waals surface area contributed by atoms with E-state index in [2.05, 4.69) is 106 Å². The predicted octanol–water partition coefficient (Wildman–Crippen LogP) is 16.1. The van der Waals surface area contributed by atoms with E-state index in [1.165, 1.54) is 83.5 Å². The molecule has 5 heteroatoms. The second-order valence-electron chi connectivity index (χ2n) is 15.6. The number of rotatable bonds is 43. The van der Waals surface area contributed by atoms with Crippen LogP contribution in [0.5, 0.6) is 0 Å². The first-order valence-electron chi connectivity index (χ1n) is 24.1. The van der Waals surface area contributed by atoms with Crippen LogP contribution < -0.4 is 0 Å². The Morgan fingerprint density at radius 2 is 0.776 bits per heavy atom. The van der Waals surface area contributed by atoms with Crippen LogP contribution in [0.3, 0.4) is 0 Å². The summed E-state index contributed by atoms with van der Waals surface area (Å²) in [7, 11) is 0. The molecule has 0 N–H and O–H groups in total. The summed E-state index contributed by atoms with van der Waals surface area (Å²) in [6.07, 6.45) is 63.1. The maximum Gasteiger partial charge on any atom is 0.306 e. The molecular formula is C53H90O5. The molecule has 0 aliphatic rings. The molecular weight excluding hydrogens is 717 g/mol. The van der Waals surface area contributed by atoms with Crippen molar-refractivity contribution in [2.24, 2.45) is 0 Å². The van der Waals surface area contributed by atoms with Crippen molar-refractivity contribution in [2.45, 2.75) is 219 Å². The zero-order chi connectivity index (χ0) is 42.1. The topological polar surface area (TPSA) is 61.8 Å². The van der Waals surface area contributed by atoms with Gasteiger partial charge in [-0.1, -0.05) is 189 Å². The quantitative estimate of drug-likeness (QED) is 0.0349. The van der Waals surface area contributed by atoms with Crippen molar-refractivity contribution in [1.29, 1.82) is 0 Å². The van der Waals surface area contributed by atoms with Crippen LogP contribution in [0.2, 0.25) is 0 Å². The largest absolute Gasteiger partial charge is 0.462 e. The Kier molecular flexibility index (Phi) is 46.0. The first-order chi connectivity index (χ1) is 28.6. The summed E-state index contributed by atoms with van der Waals surface area (Å²) in [4.78, 5) is 25.2. The summed E-state index contributed by atoms with van der Waals surface area (Å²) in [5.74, 6) is -0.449. The Morgan fingerprint density at radius 3 is 1.29 bits per heavy atom. The lowest BCUT2D eigenvalue weighted by Crippen LogP contribution is -2.30. The Morgan fingerprint density at radius 1 is 0.397 bits per heavy atom. The zero-order valence-electron chi connectivity index (χ0n) is 38.0. The standard InChI is InChI=1S/C53H90O5/c1-4-7-10-13-16-18-20-22-24-26-27-28-29-31-33-35-38-40-43-46-52(54)57-50-51(58-53(55)47-44-41-37-15-12-9-6-3)49-56-48-45-42-39-36-34-32-30-25-23-21-19-17-14-11-8-5-2/h7,10,16-19,22-25,27-28,31,33,51H,4-6,8-9,11-15,20-21,26,29-30,32,34-50H2,1-3H3/b10-7-,18-16-,19-17-,24-22-,25-23-,28-27-,33-31-. The van der Waals surface area contributed by atoms with Gasteiger partial charge in [-0.05, 0) is 96.3 Å². The molecule has 0 rings (SSSR count). The minimum atomic E-state index is -0.555. The lowest BCUT2D eigenvalue weighted by Gasteiger charge is -2.18. The van der Waals surface area contributed by atoms with Crippen molar-refractivity contribution < 1.29 is 23.8 Å². The molecule has 0 bridgehead atoms. The Hall–Kier alpha value is -2.92. The summed E-state index contributed by atoms with van der Waals surface area (Å²) in [5, 5.41) is 0. The fourth-order valence-electron chi connectivity index (χ4n) is 6.33. The first-order valence-corrected chi connectivity index (χ1v) is 24.1. The van der Waals surface area contributed by atoms with Crippen LogP contribution in [0.15, 0.2) is 85.1 Å². The van der Waals surface area contributed by atoms with E-state index in [1.54, 1.807) is 0 Å². The molecule has 0 aliphatic carbocycles. The molecule has 0 fully saturated rings. The van der Waals surface area contributed by atoms with Crippen LogP contribution >= 0.6 is 0 Å². The zero-order valence-corrected chi connectivity index (χ0v) is 38.0. The smallest absolute Gasteiger partial charge is 0.306 e. The van der Waals surface area contributed by atoms with Gasteiger partial charge in [-0.15, -0.1) is 0 Å². The number of unbranched alkanes of at least 4 members (excludes halogenated alkanes) is 18. The van der Waals surface area contributed by atoms with Gasteiger partial charge in [0, 0.05) is 19.4 Å². The van der Waals surface area contributed by atoms with E-state index in [-0.39, 0.29) is 25.2 Å². The molecule has 0 radical (unpaired) electrons. The molecule has 1 atom stereocenters. The van der Waals surface area contributed by atoms with E-state index in [1.807, 2.05) is 0 Å². The second-order valence-corrected chi connectivity index (χ2v) is 15.6. The average Bonchev–Trinajstić information content (AvgIpc) is 3.22. The van der Waals surface area contributed by atoms with Crippen LogP contribution in [0.25, 0.3) is 0 Å². The van der Waals surface area contributed by atoms with Crippen LogP contribution in [0.1, 0.15) is 213 Å². The van der Waals surface area contributed by atoms with Gasteiger partial charge in [0.05, 0.1) is 6.61 Å². The van der Waals surface area contributed by atoms with E-state index >= 15 is 0 Å². The normalized spacial score (nSPS) is 12.9. The highest BCUT2D eigenvalue weighted by atomic mass is 16.6. The maximum atomic E-state index is 12.6. The van der Waals surface area contributed by atoms with Crippen molar-refractivity contribution in [3.63, 3.8) is 0 Å². The van der Waals surface area contributed by atoms with Crippen LogP contribution in [-0.2, 0) is 23.8 Å². The highest BCUT2D eigenvalue weighted by Gasteiger charge is 2.17. The molecule has 5 nitrogen and oxygen atoms in total. The molecule has 332 valence electrons. The number of ether oxygens (including phenoxy) is 3. The molecule has 0 aliphatic heterocycles. The van der Waals surface area contributed by atoms with Gasteiger partial charge >= 0.3 is 11.9 Å². The van der Waals surface area contributed by atoms with Gasteiger partial charge in [0.1, 0.15) is 6.61 Å². The Bertz CT molecular complexity index is 1090. The number of allylic oxidation sites excluding steroid dienone is 14. The fraction of sp³-hybridized carbons (Fsp3) is 0.698. The van der Waals surface area contributed by atoms with Crippen molar-refractivity contribution in [2.75, 3.05) is 19.8 Å². The third-order valence-corrected chi connectivity index (χ3v) is 9.92. The van der Waals surface area contributed by atoms with E-state index in [0.29, 0.717) is 19.4 Å². The number of hydrogen-bond donors (Lipinski definition) is 0. The Balaban J connectivity index is 4.23. The molecule has 0 amide bonds. The van der Waals surface area contributed by atoms with Gasteiger partial charge in [0.2, 0.25) is 0 Å². The van der Waals surface area contributed by atoms with Crippen molar-refractivity contribution in [1.82, 2.24) is 0 Å². The van der Waals surface area contributed by atoms with Gasteiger partial charge in [-0.3, -0.25) is 9.59 Å². The molecule has 58 heavy (non-hydrogen) atoms. The van der Waals surface area contributed by atoms with Gasteiger partial charge in [-0.2, -0.15) is 0 Å². The summed E-state index contributed by atoms with van der Waals surface area (Å²) >= 11 is 0. The molecule has 0 saturated heterocycles. The predicted molar refractivity (Wildman–Crippen MR) is 251 cm³/mol. The molecule has 0 aromatic carbocycles. The van der Waals surface area contributed by atoms with E-state index in [9.17, 15) is 9.59 Å². The van der Waals surface area contributed by atoms with Gasteiger partial charge < -0.3 is 14.2 Å². The lowest BCUT2D eigenvalue weighted by molar-refractivity contribution is -0.163. The highest BCUT2D eigenvalue weighted by Crippen LogP contribution is 2.12. The maximum absolute atomic E-state index is 12.6. The summed E-state index contributed by atoms with van der Waals surface area (Å²) in [6, 6.07) is 0. The lowest BCUT2D eigenvalue weighted by atomic mass is 10.1. The van der Waals surface area contributed by atoms with Crippen molar-refractivity contribution in [3.05, 3.63) is 85.1 Å². The van der Waals surface area contributed by atoms with Gasteiger partial charge in [0.25, 0.3) is 0 Å². The molecule has 0 aromatic rings. The van der Waals surface area contributed by atoms with Gasteiger partial charge in [0.15, 0.2) is 6.10 Å². The summed E-state index contributed by atoms with van der Waals surface area (Å²) in [6.45, 7) is 7.59. The number of hydrogen-bond acceptors (Lipinski definition) is 5. The van der Waals surface area contributed by atoms with Gasteiger partial charge in [-0.25, -0.2) is 0 Å². The molecule has 0 spiro atoms. The molecule has 1 unspecified atom stereocenters. The van der Waals surface area contributed by atoms with Crippen LogP contribution in [-0.4, -0.2) is 37.9 Å². The second kappa shape index (κ2) is 48.4. The van der Waals surface area contributed by atoms with E-state index < -0.39 is 6.10 Å². The third kappa shape index (κ3) is 45.8. The van der Waals surface area contributed by atoms with E-state index in [0.717, 1.165) is 96.3 Å². The monoisotopic (exact) mass is 807 g/mol. The van der Waals surface area contributed by atoms with Crippen LogP contribution in [0, 0.1) is 0 Å². The number of carbonyl (C=O) groups is 2. The highest BCUT2D eigenvalue weighted by molar-refractivity contribution is 5.70. The third-order valence-electron chi connectivity index (χ3n) is 9.92. The molecule has 0 heterocycles. The van der Waals surface area contributed by atoms with Crippen molar-refractivity contribution in [3.8, 4) is 0 Å². The minimum Gasteiger partial charge on any atom is -0.462 e. The summed E-state index contributed by atoms with van der Waals surface area (Å²) < 4.78 is 17.3.